The van der Waals surface area contributed by atoms with Gasteiger partial charge < -0.3 is 9.52 Å². The van der Waals surface area contributed by atoms with E-state index in [4.69, 9.17) is 10.8 Å². The lowest BCUT2D eigenvalue weighted by Gasteiger charge is -2.23. The molecule has 1 aromatic heterocycles. The standard InChI is InChI=1S/C21H14O2/c1-2-21(22,15-8-4-3-5-9-15)16-12-13-20-18(14-16)17-10-6-7-11-19(17)23-20/h1,3-14,22H. The van der Waals surface area contributed by atoms with Crippen LogP contribution in [-0.2, 0) is 5.60 Å². The molecule has 3 aromatic carbocycles. The van der Waals surface area contributed by atoms with E-state index < -0.39 is 5.60 Å². The average molecular weight is 298 g/mol. The lowest BCUT2D eigenvalue weighted by Crippen LogP contribution is -2.24. The molecule has 0 bridgehead atoms. The van der Waals surface area contributed by atoms with Crippen LogP contribution in [0.25, 0.3) is 21.9 Å². The first-order chi connectivity index (χ1) is 11.2. The van der Waals surface area contributed by atoms with E-state index in [0.717, 1.165) is 21.9 Å². The number of benzene rings is 3. The summed E-state index contributed by atoms with van der Waals surface area (Å²) in [6.45, 7) is 0. The third-order valence-electron chi connectivity index (χ3n) is 4.19. The lowest BCUT2D eigenvalue weighted by atomic mass is 9.86. The fourth-order valence-corrected chi connectivity index (χ4v) is 2.96. The van der Waals surface area contributed by atoms with E-state index >= 15 is 0 Å². The summed E-state index contributed by atoms with van der Waals surface area (Å²) in [5.41, 5.74) is 1.47. The Balaban J connectivity index is 1.98. The van der Waals surface area contributed by atoms with Gasteiger partial charge in [0.1, 0.15) is 11.2 Å². The first-order valence-electron chi connectivity index (χ1n) is 7.40. The molecule has 0 fully saturated rings. The van der Waals surface area contributed by atoms with Crippen molar-refractivity contribution in [2.45, 2.75) is 5.60 Å². The SMILES string of the molecule is C#CC(O)(c1ccccc1)c1ccc2oc3ccccc3c2c1. The van der Waals surface area contributed by atoms with E-state index in [1.807, 2.05) is 72.8 Å². The molecule has 0 saturated heterocycles. The molecule has 0 aliphatic heterocycles. The molecule has 0 aliphatic carbocycles. The Morgan fingerprint density at radius 1 is 0.783 bits per heavy atom. The van der Waals surface area contributed by atoms with Gasteiger partial charge in [-0.3, -0.25) is 0 Å². The molecular weight excluding hydrogens is 284 g/mol. The van der Waals surface area contributed by atoms with E-state index in [-0.39, 0.29) is 0 Å². The number of terminal acetylenes is 1. The summed E-state index contributed by atoms with van der Waals surface area (Å²) in [6, 6.07) is 22.7. The summed E-state index contributed by atoms with van der Waals surface area (Å²) >= 11 is 0. The molecule has 1 heterocycles. The highest BCUT2D eigenvalue weighted by molar-refractivity contribution is 6.05. The first kappa shape index (κ1) is 13.6. The van der Waals surface area contributed by atoms with Gasteiger partial charge in [-0.05, 0) is 18.2 Å². The zero-order chi connectivity index (χ0) is 15.9. The number of aliphatic hydroxyl groups is 1. The Bertz CT molecular complexity index is 1040. The number of furan rings is 1. The predicted molar refractivity (Wildman–Crippen MR) is 92.0 cm³/mol. The molecule has 1 N–H and O–H groups in total. The summed E-state index contributed by atoms with van der Waals surface area (Å²) in [4.78, 5) is 0. The maximum atomic E-state index is 11.1. The Hall–Kier alpha value is -3.02. The lowest BCUT2D eigenvalue weighted by molar-refractivity contribution is 0.145. The number of hydrogen-bond donors (Lipinski definition) is 1. The second kappa shape index (κ2) is 5.01. The van der Waals surface area contributed by atoms with Gasteiger partial charge in [0.25, 0.3) is 0 Å². The van der Waals surface area contributed by atoms with Crippen molar-refractivity contribution in [3.05, 3.63) is 83.9 Å². The van der Waals surface area contributed by atoms with Gasteiger partial charge in [-0.1, -0.05) is 60.5 Å². The van der Waals surface area contributed by atoms with E-state index in [0.29, 0.717) is 11.1 Å². The summed E-state index contributed by atoms with van der Waals surface area (Å²) in [7, 11) is 0. The molecular formula is C21H14O2. The molecule has 4 aromatic rings. The van der Waals surface area contributed by atoms with Gasteiger partial charge in [-0.2, -0.15) is 0 Å². The van der Waals surface area contributed by atoms with Crippen LogP contribution >= 0.6 is 0 Å². The van der Waals surface area contributed by atoms with Crippen molar-refractivity contribution in [3.8, 4) is 12.3 Å². The highest BCUT2D eigenvalue weighted by Crippen LogP contribution is 2.34. The molecule has 4 rings (SSSR count). The number of rotatable bonds is 2. The number of fused-ring (bicyclic) bond motifs is 3. The second-order valence-electron chi connectivity index (χ2n) is 5.53. The van der Waals surface area contributed by atoms with Crippen molar-refractivity contribution in [1.82, 2.24) is 0 Å². The van der Waals surface area contributed by atoms with E-state index in [2.05, 4.69) is 5.92 Å². The van der Waals surface area contributed by atoms with Gasteiger partial charge in [0, 0.05) is 21.9 Å². The van der Waals surface area contributed by atoms with Crippen molar-refractivity contribution in [1.29, 1.82) is 0 Å². The first-order valence-corrected chi connectivity index (χ1v) is 7.40. The van der Waals surface area contributed by atoms with E-state index in [9.17, 15) is 5.11 Å². The van der Waals surface area contributed by atoms with Crippen molar-refractivity contribution in [2.24, 2.45) is 0 Å². The third-order valence-corrected chi connectivity index (χ3v) is 4.19. The largest absolute Gasteiger partial charge is 0.456 e. The van der Waals surface area contributed by atoms with Gasteiger partial charge in [-0.15, -0.1) is 6.42 Å². The normalized spacial score (nSPS) is 13.7. The van der Waals surface area contributed by atoms with E-state index in [1.54, 1.807) is 0 Å². The molecule has 110 valence electrons. The Kier molecular flexibility index (Phi) is 2.97. The molecule has 0 amide bonds. The van der Waals surface area contributed by atoms with Gasteiger partial charge in [0.2, 0.25) is 0 Å². The zero-order valence-electron chi connectivity index (χ0n) is 12.4. The topological polar surface area (TPSA) is 33.4 Å². The molecule has 0 aliphatic rings. The average Bonchev–Trinajstić information content (AvgIpc) is 2.99. The monoisotopic (exact) mass is 298 g/mol. The smallest absolute Gasteiger partial charge is 0.176 e. The second-order valence-corrected chi connectivity index (χ2v) is 5.53. The van der Waals surface area contributed by atoms with Gasteiger partial charge in [0.15, 0.2) is 5.60 Å². The highest BCUT2D eigenvalue weighted by atomic mass is 16.3. The minimum absolute atomic E-state index is 0.658. The predicted octanol–water partition coefficient (Wildman–Crippen LogP) is 4.46. The Morgan fingerprint density at radius 3 is 2.26 bits per heavy atom. The Labute approximate surface area is 134 Å². The van der Waals surface area contributed by atoms with Gasteiger partial charge >= 0.3 is 0 Å². The summed E-state index contributed by atoms with van der Waals surface area (Å²) in [6.07, 6.45) is 5.68. The van der Waals surface area contributed by atoms with Crippen LogP contribution in [0.3, 0.4) is 0 Å². The Morgan fingerprint density at radius 2 is 1.48 bits per heavy atom. The van der Waals surface area contributed by atoms with Crippen molar-refractivity contribution in [2.75, 3.05) is 0 Å². The van der Waals surface area contributed by atoms with Crippen molar-refractivity contribution in [3.63, 3.8) is 0 Å². The van der Waals surface area contributed by atoms with Crippen LogP contribution in [0.1, 0.15) is 11.1 Å². The maximum Gasteiger partial charge on any atom is 0.176 e. The van der Waals surface area contributed by atoms with Crippen LogP contribution in [0.4, 0.5) is 0 Å². The van der Waals surface area contributed by atoms with Gasteiger partial charge in [0.05, 0.1) is 0 Å². The van der Waals surface area contributed by atoms with Crippen LogP contribution in [0.2, 0.25) is 0 Å². The molecule has 2 nitrogen and oxygen atoms in total. The number of hydrogen-bond acceptors (Lipinski definition) is 2. The minimum Gasteiger partial charge on any atom is -0.456 e. The molecule has 1 atom stereocenters. The van der Waals surface area contributed by atoms with Gasteiger partial charge in [-0.25, -0.2) is 0 Å². The third kappa shape index (κ3) is 2.03. The van der Waals surface area contributed by atoms with Crippen molar-refractivity contribution < 1.29 is 9.52 Å². The summed E-state index contributed by atoms with van der Waals surface area (Å²) in [5.74, 6) is 2.54. The van der Waals surface area contributed by atoms with E-state index in [1.165, 1.54) is 0 Å². The molecule has 1 unspecified atom stereocenters. The minimum atomic E-state index is -1.46. The summed E-state index contributed by atoms with van der Waals surface area (Å²) < 4.78 is 5.83. The van der Waals surface area contributed by atoms with Crippen LogP contribution in [0.15, 0.2) is 77.2 Å². The molecule has 0 saturated carbocycles. The molecule has 2 heteroatoms. The zero-order valence-corrected chi connectivity index (χ0v) is 12.4. The fraction of sp³-hybridized carbons (Fsp3) is 0.0476. The molecule has 0 spiro atoms. The highest BCUT2D eigenvalue weighted by Gasteiger charge is 2.29. The fourth-order valence-electron chi connectivity index (χ4n) is 2.96. The summed E-state index contributed by atoms with van der Waals surface area (Å²) in [5, 5.41) is 13.0. The molecule has 0 radical (unpaired) electrons. The quantitative estimate of drug-likeness (QED) is 0.554. The van der Waals surface area contributed by atoms with Crippen LogP contribution < -0.4 is 0 Å². The number of para-hydroxylation sites is 1. The van der Waals surface area contributed by atoms with Crippen LogP contribution in [0.5, 0.6) is 0 Å². The molecule has 23 heavy (non-hydrogen) atoms. The van der Waals surface area contributed by atoms with Crippen LogP contribution in [-0.4, -0.2) is 5.11 Å². The van der Waals surface area contributed by atoms with Crippen molar-refractivity contribution >= 4 is 21.9 Å². The maximum absolute atomic E-state index is 11.1. The van der Waals surface area contributed by atoms with Crippen LogP contribution in [0, 0.1) is 12.3 Å².